The summed E-state index contributed by atoms with van der Waals surface area (Å²) in [4.78, 5) is 0. The van der Waals surface area contributed by atoms with Crippen molar-refractivity contribution in [3.8, 4) is 0 Å². The zero-order chi connectivity index (χ0) is 13.0. The summed E-state index contributed by atoms with van der Waals surface area (Å²) < 4.78 is 0. The van der Waals surface area contributed by atoms with E-state index in [0.29, 0.717) is 0 Å². The summed E-state index contributed by atoms with van der Waals surface area (Å²) in [5, 5.41) is 3.45. The molecule has 0 bridgehead atoms. The second-order valence-corrected chi connectivity index (χ2v) is 7.10. The van der Waals surface area contributed by atoms with Crippen molar-refractivity contribution in [2.45, 2.75) is 65.2 Å². The van der Waals surface area contributed by atoms with E-state index in [2.05, 4.69) is 26.2 Å². The molecule has 2 aliphatic carbocycles. The van der Waals surface area contributed by atoms with Crippen LogP contribution in [0.2, 0.25) is 0 Å². The minimum absolute atomic E-state index is 0.965. The fourth-order valence-corrected chi connectivity index (χ4v) is 4.67. The fraction of sp³-hybridized carbons (Fsp3) is 1.00. The summed E-state index contributed by atoms with van der Waals surface area (Å²) in [6, 6.07) is 0. The first-order chi connectivity index (χ1) is 8.74. The van der Waals surface area contributed by atoms with Gasteiger partial charge in [-0.1, -0.05) is 46.0 Å². The minimum Gasteiger partial charge on any atom is -0.319 e. The molecule has 0 spiro atoms. The van der Waals surface area contributed by atoms with Crippen LogP contribution < -0.4 is 5.32 Å². The Kier molecular flexibility index (Phi) is 5.54. The minimum atomic E-state index is 0.965. The van der Waals surface area contributed by atoms with E-state index in [-0.39, 0.29) is 0 Å². The van der Waals surface area contributed by atoms with Gasteiger partial charge in [0.1, 0.15) is 0 Å². The maximum atomic E-state index is 3.45. The quantitative estimate of drug-likeness (QED) is 0.777. The van der Waals surface area contributed by atoms with E-state index in [4.69, 9.17) is 0 Å². The second kappa shape index (κ2) is 6.93. The van der Waals surface area contributed by atoms with Gasteiger partial charge in [-0.2, -0.15) is 0 Å². The SMILES string of the molecule is CCC1CCCC(C2CC(C)CCC2CNC)C1. The molecule has 1 nitrogen and oxygen atoms in total. The first-order valence-electron chi connectivity index (χ1n) is 8.39. The highest BCUT2D eigenvalue weighted by molar-refractivity contribution is 4.87. The maximum Gasteiger partial charge on any atom is -0.00208 e. The summed E-state index contributed by atoms with van der Waals surface area (Å²) in [7, 11) is 2.13. The number of hydrogen-bond donors (Lipinski definition) is 1. The molecule has 0 aliphatic heterocycles. The Labute approximate surface area is 114 Å². The average Bonchev–Trinajstić information content (AvgIpc) is 2.41. The number of nitrogens with one attached hydrogen (secondary N) is 1. The van der Waals surface area contributed by atoms with Crippen LogP contribution in [0.25, 0.3) is 0 Å². The van der Waals surface area contributed by atoms with E-state index >= 15 is 0 Å². The summed E-state index contributed by atoms with van der Waals surface area (Å²) in [6.07, 6.45) is 11.9. The van der Waals surface area contributed by atoms with Gasteiger partial charge in [0.15, 0.2) is 0 Å². The van der Waals surface area contributed by atoms with Crippen molar-refractivity contribution in [1.29, 1.82) is 0 Å². The molecule has 1 N–H and O–H groups in total. The van der Waals surface area contributed by atoms with Crippen molar-refractivity contribution in [2.24, 2.45) is 29.6 Å². The van der Waals surface area contributed by atoms with Crippen LogP contribution in [0, 0.1) is 29.6 Å². The van der Waals surface area contributed by atoms with E-state index in [9.17, 15) is 0 Å². The molecular weight excluding hydrogens is 218 g/mol. The summed E-state index contributed by atoms with van der Waals surface area (Å²) >= 11 is 0. The molecule has 0 saturated heterocycles. The van der Waals surface area contributed by atoms with E-state index in [0.717, 1.165) is 29.6 Å². The van der Waals surface area contributed by atoms with Gasteiger partial charge in [-0.25, -0.2) is 0 Å². The smallest absolute Gasteiger partial charge is 0.00208 e. The van der Waals surface area contributed by atoms with Crippen LogP contribution in [0.5, 0.6) is 0 Å². The van der Waals surface area contributed by atoms with Gasteiger partial charge >= 0.3 is 0 Å². The summed E-state index contributed by atoms with van der Waals surface area (Å²) in [5.74, 6) is 5.05. The Balaban J connectivity index is 1.97. The third-order valence-electron chi connectivity index (χ3n) is 5.78. The average molecular weight is 251 g/mol. The van der Waals surface area contributed by atoms with Gasteiger partial charge in [-0.05, 0) is 62.4 Å². The Morgan fingerprint density at radius 3 is 2.61 bits per heavy atom. The van der Waals surface area contributed by atoms with Gasteiger partial charge in [0.05, 0.1) is 0 Å². The first-order valence-corrected chi connectivity index (χ1v) is 8.39. The lowest BCUT2D eigenvalue weighted by Gasteiger charge is -2.43. The Hall–Kier alpha value is -0.0400. The Morgan fingerprint density at radius 2 is 1.89 bits per heavy atom. The first kappa shape index (κ1) is 14.4. The van der Waals surface area contributed by atoms with Gasteiger partial charge in [0.25, 0.3) is 0 Å². The monoisotopic (exact) mass is 251 g/mol. The van der Waals surface area contributed by atoms with E-state index < -0.39 is 0 Å². The molecule has 5 atom stereocenters. The predicted molar refractivity (Wildman–Crippen MR) is 79.7 cm³/mol. The molecule has 0 aromatic rings. The van der Waals surface area contributed by atoms with Crippen LogP contribution in [0.4, 0.5) is 0 Å². The van der Waals surface area contributed by atoms with E-state index in [1.165, 1.54) is 57.9 Å². The van der Waals surface area contributed by atoms with Crippen molar-refractivity contribution in [3.63, 3.8) is 0 Å². The molecule has 106 valence electrons. The lowest BCUT2D eigenvalue weighted by molar-refractivity contribution is 0.0839. The van der Waals surface area contributed by atoms with E-state index in [1.54, 1.807) is 0 Å². The van der Waals surface area contributed by atoms with Gasteiger partial charge in [-0.15, -0.1) is 0 Å². The third-order valence-corrected chi connectivity index (χ3v) is 5.78. The topological polar surface area (TPSA) is 12.0 Å². The second-order valence-electron chi connectivity index (χ2n) is 7.10. The van der Waals surface area contributed by atoms with Crippen molar-refractivity contribution in [1.82, 2.24) is 5.32 Å². The molecule has 1 heteroatoms. The zero-order valence-electron chi connectivity index (χ0n) is 12.8. The largest absolute Gasteiger partial charge is 0.319 e. The summed E-state index contributed by atoms with van der Waals surface area (Å²) in [6.45, 7) is 6.12. The Bertz CT molecular complexity index is 238. The van der Waals surface area contributed by atoms with Gasteiger partial charge in [0.2, 0.25) is 0 Å². The molecule has 0 radical (unpaired) electrons. The van der Waals surface area contributed by atoms with Gasteiger partial charge < -0.3 is 5.32 Å². The highest BCUT2D eigenvalue weighted by atomic mass is 14.8. The van der Waals surface area contributed by atoms with Gasteiger partial charge in [-0.3, -0.25) is 0 Å². The molecule has 0 aromatic carbocycles. The molecule has 2 fully saturated rings. The predicted octanol–water partition coefficient (Wildman–Crippen LogP) is 4.47. The highest BCUT2D eigenvalue weighted by Gasteiger charge is 2.35. The molecule has 2 aliphatic rings. The summed E-state index contributed by atoms with van der Waals surface area (Å²) in [5.41, 5.74) is 0. The van der Waals surface area contributed by atoms with Crippen molar-refractivity contribution in [3.05, 3.63) is 0 Å². The molecule has 18 heavy (non-hydrogen) atoms. The molecule has 0 aromatic heterocycles. The lowest BCUT2D eigenvalue weighted by Crippen LogP contribution is -2.37. The molecular formula is C17H33N. The fourth-order valence-electron chi connectivity index (χ4n) is 4.67. The lowest BCUT2D eigenvalue weighted by atomic mass is 9.64. The van der Waals surface area contributed by atoms with E-state index in [1.807, 2.05) is 0 Å². The highest BCUT2D eigenvalue weighted by Crippen LogP contribution is 2.44. The number of rotatable bonds is 4. The van der Waals surface area contributed by atoms with Crippen LogP contribution in [0.15, 0.2) is 0 Å². The Morgan fingerprint density at radius 1 is 1.06 bits per heavy atom. The number of hydrogen-bond acceptors (Lipinski definition) is 1. The molecule has 2 rings (SSSR count). The molecule has 5 unspecified atom stereocenters. The van der Waals surface area contributed by atoms with Crippen LogP contribution >= 0.6 is 0 Å². The molecule has 0 amide bonds. The van der Waals surface area contributed by atoms with Crippen molar-refractivity contribution < 1.29 is 0 Å². The van der Waals surface area contributed by atoms with Crippen molar-refractivity contribution in [2.75, 3.05) is 13.6 Å². The standard InChI is InChI=1S/C17H33N/c1-4-14-6-5-7-15(11-14)17-10-13(2)8-9-16(17)12-18-3/h13-18H,4-12H2,1-3H3. The molecule has 0 heterocycles. The zero-order valence-corrected chi connectivity index (χ0v) is 12.8. The van der Waals surface area contributed by atoms with Crippen LogP contribution in [0.1, 0.15) is 65.2 Å². The van der Waals surface area contributed by atoms with Crippen molar-refractivity contribution >= 4 is 0 Å². The van der Waals surface area contributed by atoms with Crippen LogP contribution in [-0.2, 0) is 0 Å². The third kappa shape index (κ3) is 3.50. The van der Waals surface area contributed by atoms with Gasteiger partial charge in [0, 0.05) is 0 Å². The van der Waals surface area contributed by atoms with Crippen LogP contribution in [-0.4, -0.2) is 13.6 Å². The maximum absolute atomic E-state index is 3.45. The normalized spacial score (nSPS) is 41.8. The molecule has 2 saturated carbocycles. The van der Waals surface area contributed by atoms with Crippen LogP contribution in [0.3, 0.4) is 0 Å².